The van der Waals surface area contributed by atoms with Gasteiger partial charge in [-0.3, -0.25) is 0 Å². The molecule has 4 nitrogen and oxygen atoms in total. The summed E-state index contributed by atoms with van der Waals surface area (Å²) in [4.78, 5) is 11.1. The Labute approximate surface area is 398 Å². The fourth-order valence-corrected chi connectivity index (χ4v) is 13.2. The molecule has 0 aliphatic carbocycles. The Bertz CT molecular complexity index is 4030. The van der Waals surface area contributed by atoms with E-state index in [1.807, 2.05) is 23.5 Å². The topological polar surface area (TPSA) is 43.9 Å². The van der Waals surface area contributed by atoms with Gasteiger partial charge in [-0.1, -0.05) is 103 Å². The van der Waals surface area contributed by atoms with Crippen molar-refractivity contribution in [2.75, 3.05) is 0 Å². The van der Waals surface area contributed by atoms with Gasteiger partial charge in [-0.2, -0.15) is 0 Å². The Morgan fingerprint density at radius 3 is 1.58 bits per heavy atom. The SMILES string of the molecule is Bc1c(B)c(B)c2c(sc3c(-c4nc(-c5ccccc5)c5oc6ccccc6c5n4)c(B)c(B)c(-n4c5c(B)c(B)c(B)c(B)c5c5c(B)c(B)c6c(B)c(B)c(B)c(B)c6c54)c32)c1B. The number of hydrogen-bond donors (Lipinski definition) is 0. The highest BCUT2D eigenvalue weighted by atomic mass is 32.1. The highest BCUT2D eigenvalue weighted by Gasteiger charge is 2.31. The minimum atomic E-state index is 0.716. The molecule has 0 amide bonds. The molecule has 4 heterocycles. The Balaban J connectivity index is 1.44. The van der Waals surface area contributed by atoms with Crippen LogP contribution >= 0.6 is 11.3 Å². The molecule has 65 heavy (non-hydrogen) atoms. The van der Waals surface area contributed by atoms with Crippen molar-refractivity contribution >= 4 is 299 Å². The lowest BCUT2D eigenvalue weighted by Gasteiger charge is -2.24. The van der Waals surface area contributed by atoms with Gasteiger partial charge in [-0.05, 0) is 33.7 Å². The van der Waals surface area contributed by atoms with Crippen molar-refractivity contribution in [1.29, 1.82) is 0 Å². The van der Waals surface area contributed by atoms with Gasteiger partial charge in [0.1, 0.15) is 142 Å². The molecule has 4 aromatic heterocycles. The Hall–Kier alpha value is -5.26. The quantitative estimate of drug-likeness (QED) is 0.167. The Kier molecular flexibility index (Phi) is 9.53. The largest absolute Gasteiger partial charge is 0.452 e. The van der Waals surface area contributed by atoms with Crippen molar-refractivity contribution in [3.05, 3.63) is 54.6 Å². The van der Waals surface area contributed by atoms with E-state index in [2.05, 4.69) is 173 Å². The number of aromatic nitrogens is 3. The summed E-state index contributed by atoms with van der Waals surface area (Å²) in [5.74, 6) is 0.727. The van der Waals surface area contributed by atoms with Gasteiger partial charge in [0, 0.05) is 47.9 Å². The second kappa shape index (κ2) is 14.6. The molecule has 0 bridgehead atoms. The lowest BCUT2D eigenvalue weighted by molar-refractivity contribution is 0.667. The number of hydrogen-bond acceptors (Lipinski definition) is 4. The second-order valence-corrected chi connectivity index (χ2v) is 20.3. The molecular formula is C44H41B16N3OS. The molecule has 0 radical (unpaired) electrons. The molecule has 7 aromatic carbocycles. The van der Waals surface area contributed by atoms with Gasteiger partial charge in [0.25, 0.3) is 0 Å². The van der Waals surface area contributed by atoms with Crippen LogP contribution in [0.4, 0.5) is 0 Å². The minimum Gasteiger partial charge on any atom is -0.452 e. The summed E-state index contributed by atoms with van der Waals surface area (Å²) in [5, 5.41) is 9.13. The minimum absolute atomic E-state index is 0.716. The van der Waals surface area contributed by atoms with Crippen LogP contribution in [0.25, 0.3) is 103 Å². The zero-order chi connectivity index (χ0) is 46.0. The van der Waals surface area contributed by atoms with Crippen molar-refractivity contribution in [3.8, 4) is 28.3 Å². The van der Waals surface area contributed by atoms with E-state index in [1.165, 1.54) is 146 Å². The number of benzene rings is 7. The molecule has 0 spiro atoms. The number of para-hydroxylation sites is 1. The van der Waals surface area contributed by atoms with E-state index in [9.17, 15) is 0 Å². The summed E-state index contributed by atoms with van der Waals surface area (Å²) in [6, 6.07) is 18.7. The van der Waals surface area contributed by atoms with Crippen LogP contribution in [0.3, 0.4) is 0 Å². The molecule has 0 N–H and O–H groups in total. The molecule has 0 saturated carbocycles. The summed E-state index contributed by atoms with van der Waals surface area (Å²) in [6.07, 6.45) is 0. The van der Waals surface area contributed by atoms with E-state index in [-0.39, 0.29) is 0 Å². The molecule has 292 valence electrons. The first-order valence-corrected chi connectivity index (χ1v) is 23.9. The van der Waals surface area contributed by atoms with Crippen molar-refractivity contribution in [1.82, 2.24) is 14.5 Å². The number of fused-ring (bicyclic) bond motifs is 11. The average Bonchev–Trinajstić information content (AvgIpc) is 4.00. The third kappa shape index (κ3) is 5.48. The molecule has 0 saturated heterocycles. The lowest BCUT2D eigenvalue weighted by Crippen LogP contribution is -2.50. The molecule has 0 unspecified atom stereocenters. The molecule has 0 fully saturated rings. The first kappa shape index (κ1) is 42.4. The molecule has 0 aliphatic heterocycles. The van der Waals surface area contributed by atoms with Crippen molar-refractivity contribution in [2.24, 2.45) is 0 Å². The van der Waals surface area contributed by atoms with Crippen LogP contribution in [-0.4, -0.2) is 140 Å². The third-order valence-corrected chi connectivity index (χ3v) is 17.9. The van der Waals surface area contributed by atoms with Crippen LogP contribution in [0.5, 0.6) is 0 Å². The average molecular weight is 833 g/mol. The highest BCUT2D eigenvalue weighted by molar-refractivity contribution is 7.28. The molecule has 0 aliphatic rings. The summed E-state index contributed by atoms with van der Waals surface area (Å²) >= 11 is 1.92. The molecule has 11 rings (SSSR count). The zero-order valence-electron chi connectivity index (χ0n) is 40.9. The first-order chi connectivity index (χ1) is 31.0. The molecule has 0 atom stereocenters. The normalized spacial score (nSPS) is 12.1. The van der Waals surface area contributed by atoms with Crippen molar-refractivity contribution < 1.29 is 4.42 Å². The van der Waals surface area contributed by atoms with Crippen LogP contribution in [0.2, 0.25) is 0 Å². The van der Waals surface area contributed by atoms with Crippen molar-refractivity contribution in [3.63, 3.8) is 0 Å². The maximum Gasteiger partial charge on any atom is 0.180 e. The third-order valence-electron chi connectivity index (χ3n) is 16.6. The molecule has 11 aromatic rings. The van der Waals surface area contributed by atoms with Gasteiger partial charge in [0.2, 0.25) is 0 Å². The highest BCUT2D eigenvalue weighted by Crippen LogP contribution is 2.43. The molecule has 21 heteroatoms. The predicted molar refractivity (Wildman–Crippen MR) is 336 cm³/mol. The summed E-state index contributed by atoms with van der Waals surface area (Å²) in [5.41, 5.74) is 30.7. The zero-order valence-corrected chi connectivity index (χ0v) is 41.7. The van der Waals surface area contributed by atoms with Gasteiger partial charge in [0.05, 0.1) is 5.52 Å². The maximum atomic E-state index is 6.63. The van der Waals surface area contributed by atoms with Crippen LogP contribution in [0, 0.1) is 0 Å². The van der Waals surface area contributed by atoms with Crippen LogP contribution in [-0.2, 0) is 0 Å². The van der Waals surface area contributed by atoms with Crippen LogP contribution in [0.1, 0.15) is 0 Å². The first-order valence-electron chi connectivity index (χ1n) is 23.1. The van der Waals surface area contributed by atoms with Crippen LogP contribution < -0.4 is 87.4 Å². The fourth-order valence-electron chi connectivity index (χ4n) is 11.6. The van der Waals surface area contributed by atoms with E-state index < -0.39 is 0 Å². The monoisotopic (exact) mass is 835 g/mol. The van der Waals surface area contributed by atoms with Gasteiger partial charge in [0.15, 0.2) is 11.4 Å². The predicted octanol–water partition coefficient (Wildman–Crippen LogP) is -15.5. The van der Waals surface area contributed by atoms with E-state index in [4.69, 9.17) is 14.4 Å². The Morgan fingerprint density at radius 1 is 0.415 bits per heavy atom. The number of rotatable bonds is 3. The summed E-state index contributed by atoms with van der Waals surface area (Å²) in [7, 11) is 37.4. The van der Waals surface area contributed by atoms with E-state index in [0.717, 1.165) is 39.1 Å². The fraction of sp³-hybridized carbons (Fsp3) is 0. The van der Waals surface area contributed by atoms with Gasteiger partial charge < -0.3 is 8.98 Å². The number of furan rings is 1. The van der Waals surface area contributed by atoms with Gasteiger partial charge in [-0.25, -0.2) is 9.97 Å². The van der Waals surface area contributed by atoms with E-state index >= 15 is 0 Å². The second-order valence-electron chi connectivity index (χ2n) is 19.3. The molecular weight excluding hydrogens is 792 g/mol. The summed E-state index contributed by atoms with van der Waals surface area (Å²) < 4.78 is 11.9. The summed E-state index contributed by atoms with van der Waals surface area (Å²) in [6.45, 7) is 0. The van der Waals surface area contributed by atoms with E-state index in [1.54, 1.807) is 0 Å². The maximum absolute atomic E-state index is 6.63. The van der Waals surface area contributed by atoms with Crippen molar-refractivity contribution in [2.45, 2.75) is 0 Å². The van der Waals surface area contributed by atoms with E-state index in [0.29, 0.717) is 5.58 Å². The van der Waals surface area contributed by atoms with Gasteiger partial charge >= 0.3 is 0 Å². The lowest BCUT2D eigenvalue weighted by atomic mass is 9.61. The standard InChI is InChI=1S/C44H41B16N3OS/c45-20-13-14(23(48)28(53)27(52)21(13)46)38-15(22(20)47)16-24(49)29(54)31(56)34(59)39(16)63(38)40-18-17-25(50)30(55)32(57)35(60)43(17)65-42(18)19(26(51)33(40)58)44-61-36(10-6-2-1-3-7-10)41-37(62-44)11-8-4-5-9-12(11)64-41/h1-9H,45-60H2. The van der Waals surface area contributed by atoms with Crippen LogP contribution in [0.15, 0.2) is 59.0 Å². The smallest absolute Gasteiger partial charge is 0.180 e. The number of thiophene rings is 1. The number of nitrogens with zero attached hydrogens (tertiary/aromatic N) is 3. The van der Waals surface area contributed by atoms with Gasteiger partial charge in [-0.15, -0.1) is 38.7 Å². The Morgan fingerprint density at radius 2 is 0.923 bits per heavy atom.